The summed E-state index contributed by atoms with van der Waals surface area (Å²) in [6.45, 7) is 0. The first-order valence-electron chi connectivity index (χ1n) is 20.3. The van der Waals surface area contributed by atoms with Crippen molar-refractivity contribution < 1.29 is 13.9 Å². The molecule has 0 spiro atoms. The van der Waals surface area contributed by atoms with Crippen LogP contribution in [0.4, 0.5) is 17.1 Å². The average Bonchev–Trinajstić information content (AvgIpc) is 3.83. The van der Waals surface area contributed by atoms with E-state index >= 15 is 0 Å². The van der Waals surface area contributed by atoms with Crippen LogP contribution in [-0.4, -0.2) is 0 Å². The molecule has 9 aromatic rings. The van der Waals surface area contributed by atoms with Crippen LogP contribution in [0.3, 0.4) is 0 Å². The summed E-state index contributed by atoms with van der Waals surface area (Å²) in [5, 5.41) is 2.23. The number of para-hydroxylation sites is 3. The first kappa shape index (κ1) is 33.6. The molecule has 0 saturated heterocycles. The summed E-state index contributed by atoms with van der Waals surface area (Å²) in [6.07, 6.45) is 1.56. The molecule has 0 saturated carbocycles. The Balaban J connectivity index is 0.973. The van der Waals surface area contributed by atoms with Crippen molar-refractivity contribution in [3.63, 3.8) is 0 Å². The van der Waals surface area contributed by atoms with E-state index in [2.05, 4.69) is 193 Å². The van der Waals surface area contributed by atoms with Crippen molar-refractivity contribution in [2.75, 3.05) is 4.90 Å². The highest BCUT2D eigenvalue weighted by Crippen LogP contribution is 2.61. The number of nitrogens with zero attached hydrogens (tertiary/aromatic N) is 1. The molecule has 0 unspecified atom stereocenters. The number of allylic oxidation sites excluding steroid dienone is 3. The van der Waals surface area contributed by atoms with Crippen molar-refractivity contribution in [3.05, 3.63) is 240 Å². The third kappa shape index (κ3) is 5.09. The Labute approximate surface area is 342 Å². The predicted octanol–water partition coefficient (Wildman–Crippen LogP) is 14.3. The lowest BCUT2D eigenvalue weighted by atomic mass is 9.65. The fourth-order valence-corrected chi connectivity index (χ4v) is 9.86. The molecule has 8 aromatic carbocycles. The van der Waals surface area contributed by atoms with Crippen LogP contribution in [0.2, 0.25) is 0 Å². The van der Waals surface area contributed by atoms with Gasteiger partial charge in [0.1, 0.15) is 16.9 Å². The molecule has 0 N–H and O–H groups in total. The summed E-state index contributed by atoms with van der Waals surface area (Å²) in [5.41, 5.74) is 14.0. The maximum Gasteiger partial charge on any atom is 0.173 e. The second-order valence-corrected chi connectivity index (χ2v) is 15.5. The lowest BCUT2D eigenvalue weighted by Crippen LogP contribution is -2.31. The van der Waals surface area contributed by atoms with E-state index in [0.717, 1.165) is 80.1 Å². The summed E-state index contributed by atoms with van der Waals surface area (Å²) >= 11 is 0. The monoisotopic (exact) mass is 759 g/mol. The van der Waals surface area contributed by atoms with E-state index < -0.39 is 5.41 Å². The van der Waals surface area contributed by atoms with Crippen molar-refractivity contribution in [1.82, 2.24) is 0 Å². The summed E-state index contributed by atoms with van der Waals surface area (Å²) < 4.78 is 20.4. The summed E-state index contributed by atoms with van der Waals surface area (Å²) in [6, 6.07) is 70.9. The molecular weight excluding hydrogens is 723 g/mol. The molecule has 2 heterocycles. The van der Waals surface area contributed by atoms with E-state index in [1.54, 1.807) is 0 Å². The van der Waals surface area contributed by atoms with Gasteiger partial charge in [0.05, 0.1) is 16.8 Å². The zero-order chi connectivity index (χ0) is 38.9. The minimum Gasteiger partial charge on any atom is -0.456 e. The number of anilines is 3. The molecule has 12 rings (SSSR count). The van der Waals surface area contributed by atoms with Gasteiger partial charge in [-0.1, -0.05) is 146 Å². The molecule has 0 fully saturated rings. The highest BCUT2D eigenvalue weighted by molar-refractivity contribution is 6.06. The minimum absolute atomic E-state index is 0.445. The first-order chi connectivity index (χ1) is 29.3. The fourth-order valence-electron chi connectivity index (χ4n) is 9.86. The zero-order valence-corrected chi connectivity index (χ0v) is 32.1. The lowest BCUT2D eigenvalue weighted by molar-refractivity contribution is 0.291. The molecule has 0 amide bonds. The van der Waals surface area contributed by atoms with Crippen LogP contribution in [0.25, 0.3) is 38.6 Å². The number of furan rings is 1. The number of hydrogen-bond acceptors (Lipinski definition) is 4. The molecule has 280 valence electrons. The molecule has 1 aliphatic heterocycles. The van der Waals surface area contributed by atoms with Crippen LogP contribution in [0.1, 0.15) is 35.1 Å². The number of benzene rings is 8. The molecule has 0 radical (unpaired) electrons. The van der Waals surface area contributed by atoms with Gasteiger partial charge in [0.25, 0.3) is 0 Å². The van der Waals surface area contributed by atoms with Crippen LogP contribution in [-0.2, 0) is 5.41 Å². The molecule has 4 heteroatoms. The highest BCUT2D eigenvalue weighted by Gasteiger charge is 2.51. The Morgan fingerprint density at radius 1 is 0.458 bits per heavy atom. The van der Waals surface area contributed by atoms with Gasteiger partial charge < -0.3 is 18.8 Å². The van der Waals surface area contributed by atoms with Crippen LogP contribution in [0.15, 0.2) is 222 Å². The van der Waals surface area contributed by atoms with Crippen LogP contribution >= 0.6 is 0 Å². The average molecular weight is 760 g/mol. The Kier molecular flexibility index (Phi) is 7.54. The van der Waals surface area contributed by atoms with Gasteiger partial charge in [-0.15, -0.1) is 0 Å². The van der Waals surface area contributed by atoms with E-state index in [0.29, 0.717) is 11.5 Å². The lowest BCUT2D eigenvalue weighted by Gasteiger charge is -2.37. The van der Waals surface area contributed by atoms with Crippen LogP contribution in [0.5, 0.6) is 11.5 Å². The van der Waals surface area contributed by atoms with Gasteiger partial charge in [0.15, 0.2) is 17.3 Å². The van der Waals surface area contributed by atoms with Gasteiger partial charge in [-0.3, -0.25) is 0 Å². The number of fused-ring (bicyclic) bond motifs is 7. The fraction of sp³-hybridized carbons (Fsp3) is 0.0545. The summed E-state index contributed by atoms with van der Waals surface area (Å²) in [7, 11) is 0. The van der Waals surface area contributed by atoms with Crippen molar-refractivity contribution >= 4 is 44.6 Å². The maximum absolute atomic E-state index is 7.04. The van der Waals surface area contributed by atoms with E-state index in [9.17, 15) is 0 Å². The Morgan fingerprint density at radius 3 is 1.92 bits per heavy atom. The van der Waals surface area contributed by atoms with Crippen molar-refractivity contribution in [3.8, 4) is 22.6 Å². The summed E-state index contributed by atoms with van der Waals surface area (Å²) in [5.74, 6) is 3.09. The standard InChI is InChI=1S/C55H37NO3/c1-4-16-37(17-5-1)55(38-18-6-2-7-19-38)45-25-13-10-24-44(45)53-46(55)31-33-50-54(53)59-49-32-29-40(35-52(49)58-50)56(39-20-8-3-9-21-39)47-26-14-11-22-41(47)36-28-30-43-42-23-12-15-27-48(42)57-51(43)34-36/h1-30,32,34-35H,31,33H2. The Hall–Kier alpha value is -7.56. The largest absolute Gasteiger partial charge is 0.456 e. The number of rotatable bonds is 6. The normalized spacial score (nSPS) is 14.9. The van der Waals surface area contributed by atoms with Crippen LogP contribution < -0.4 is 14.4 Å². The second-order valence-electron chi connectivity index (χ2n) is 15.5. The molecule has 0 bridgehead atoms. The quantitative estimate of drug-likeness (QED) is 0.169. The molecular formula is C55H37NO3. The molecule has 4 nitrogen and oxygen atoms in total. The zero-order valence-electron chi connectivity index (χ0n) is 32.1. The van der Waals surface area contributed by atoms with E-state index in [4.69, 9.17) is 13.9 Å². The maximum atomic E-state index is 7.04. The minimum atomic E-state index is -0.445. The number of ether oxygens (including phenoxy) is 2. The molecule has 1 aromatic heterocycles. The van der Waals surface area contributed by atoms with Gasteiger partial charge in [-0.2, -0.15) is 0 Å². The molecule has 59 heavy (non-hydrogen) atoms. The smallest absolute Gasteiger partial charge is 0.173 e. The van der Waals surface area contributed by atoms with Crippen molar-refractivity contribution in [2.45, 2.75) is 18.3 Å². The van der Waals surface area contributed by atoms with E-state index in [1.807, 2.05) is 12.1 Å². The Morgan fingerprint density at radius 2 is 1.12 bits per heavy atom. The van der Waals surface area contributed by atoms with Crippen molar-refractivity contribution in [2.24, 2.45) is 0 Å². The predicted molar refractivity (Wildman–Crippen MR) is 237 cm³/mol. The summed E-state index contributed by atoms with van der Waals surface area (Å²) in [4.78, 5) is 2.30. The molecule has 0 atom stereocenters. The van der Waals surface area contributed by atoms with Crippen molar-refractivity contribution in [1.29, 1.82) is 0 Å². The molecule has 2 aliphatic carbocycles. The van der Waals surface area contributed by atoms with Gasteiger partial charge >= 0.3 is 0 Å². The van der Waals surface area contributed by atoms with Crippen LogP contribution in [0, 0.1) is 0 Å². The van der Waals surface area contributed by atoms with Gasteiger partial charge in [-0.05, 0) is 88.3 Å². The third-order valence-electron chi connectivity index (χ3n) is 12.3. The highest BCUT2D eigenvalue weighted by atomic mass is 16.6. The number of hydrogen-bond donors (Lipinski definition) is 0. The second kappa shape index (κ2) is 13.3. The Bertz CT molecular complexity index is 3120. The van der Waals surface area contributed by atoms with E-state index in [1.165, 1.54) is 27.8 Å². The molecule has 3 aliphatic rings. The topological polar surface area (TPSA) is 34.8 Å². The van der Waals surface area contributed by atoms with Gasteiger partial charge in [0, 0.05) is 40.1 Å². The SMILES string of the molecule is c1ccc(N(c2ccc3c(c2)OC2=C(O3)C3=C(CC2)C(c2ccccc2)(c2ccccc2)c2ccccc23)c2ccccc2-c2ccc3c(c2)oc2ccccc23)cc1. The van der Waals surface area contributed by atoms with E-state index in [-0.39, 0.29) is 0 Å². The first-order valence-corrected chi connectivity index (χ1v) is 20.3. The van der Waals surface area contributed by atoms with Gasteiger partial charge in [0.2, 0.25) is 0 Å². The third-order valence-corrected chi connectivity index (χ3v) is 12.3. The van der Waals surface area contributed by atoms with Gasteiger partial charge in [-0.25, -0.2) is 0 Å².